The zero-order valence-corrected chi connectivity index (χ0v) is 16.4. The molecule has 2 N–H and O–H groups in total. The highest BCUT2D eigenvalue weighted by molar-refractivity contribution is 6.06. The average molecular weight is 391 g/mol. The van der Waals surface area contributed by atoms with E-state index < -0.39 is 0 Å². The maximum Gasteiger partial charge on any atom is 0.253 e. The molecule has 3 aromatic rings. The van der Waals surface area contributed by atoms with Crippen molar-refractivity contribution in [3.8, 4) is 17.1 Å². The molecule has 3 heterocycles. The van der Waals surface area contributed by atoms with Crippen LogP contribution in [0.2, 0.25) is 0 Å². The van der Waals surface area contributed by atoms with Crippen LogP contribution >= 0.6 is 0 Å². The third-order valence-electron chi connectivity index (χ3n) is 5.63. The van der Waals surface area contributed by atoms with Crippen molar-refractivity contribution in [3.05, 3.63) is 48.0 Å². The number of nitrogens with zero attached hydrogens (tertiary/aromatic N) is 3. The van der Waals surface area contributed by atoms with E-state index in [-0.39, 0.29) is 5.91 Å². The zero-order valence-electron chi connectivity index (χ0n) is 16.4. The highest BCUT2D eigenvalue weighted by atomic mass is 16.5. The van der Waals surface area contributed by atoms with Crippen LogP contribution in [0.5, 0.6) is 5.75 Å². The first kappa shape index (κ1) is 18.1. The molecular formula is C22H25N5O2. The average Bonchev–Trinajstić information content (AvgIpc) is 3.04. The Labute approximate surface area is 169 Å². The Kier molecular flexibility index (Phi) is 4.91. The molecule has 0 spiro atoms. The lowest BCUT2D eigenvalue weighted by molar-refractivity contribution is 0.0956. The van der Waals surface area contributed by atoms with E-state index in [1.165, 1.54) is 0 Å². The van der Waals surface area contributed by atoms with Crippen LogP contribution in [0.3, 0.4) is 0 Å². The van der Waals surface area contributed by atoms with Crippen molar-refractivity contribution in [2.45, 2.75) is 6.54 Å². The number of carbonyl (C=O) groups is 1. The molecule has 1 amide bonds. The van der Waals surface area contributed by atoms with Gasteiger partial charge in [0.15, 0.2) is 0 Å². The van der Waals surface area contributed by atoms with Gasteiger partial charge in [0.05, 0.1) is 16.6 Å². The summed E-state index contributed by atoms with van der Waals surface area (Å²) >= 11 is 0. The van der Waals surface area contributed by atoms with Crippen molar-refractivity contribution in [1.82, 2.24) is 25.1 Å². The van der Waals surface area contributed by atoms with E-state index >= 15 is 0 Å². The second-order valence-electron chi connectivity index (χ2n) is 7.48. The van der Waals surface area contributed by atoms with E-state index in [2.05, 4.69) is 20.1 Å². The van der Waals surface area contributed by atoms with Crippen LogP contribution in [0.1, 0.15) is 10.4 Å². The summed E-state index contributed by atoms with van der Waals surface area (Å²) in [6, 6.07) is 13.8. The highest BCUT2D eigenvalue weighted by Crippen LogP contribution is 2.29. The van der Waals surface area contributed by atoms with Gasteiger partial charge >= 0.3 is 0 Å². The number of benzene rings is 2. The number of hydrogen-bond donors (Lipinski definition) is 2. The molecule has 0 saturated carbocycles. The number of nitrogens with one attached hydrogen (secondary N) is 2. The second kappa shape index (κ2) is 7.85. The van der Waals surface area contributed by atoms with Crippen LogP contribution in [-0.4, -0.2) is 66.2 Å². The van der Waals surface area contributed by atoms with Crippen molar-refractivity contribution in [2.24, 2.45) is 0 Å². The molecule has 1 saturated heterocycles. The number of ether oxygens (including phenoxy) is 1. The van der Waals surface area contributed by atoms with Crippen LogP contribution in [0.25, 0.3) is 22.4 Å². The predicted molar refractivity (Wildman–Crippen MR) is 112 cm³/mol. The smallest absolute Gasteiger partial charge is 0.253 e. The zero-order chi connectivity index (χ0) is 19.6. The molecule has 2 aliphatic rings. The van der Waals surface area contributed by atoms with Crippen molar-refractivity contribution in [1.29, 1.82) is 0 Å². The monoisotopic (exact) mass is 391 g/mol. The van der Waals surface area contributed by atoms with Crippen molar-refractivity contribution >= 4 is 16.9 Å². The van der Waals surface area contributed by atoms with Gasteiger partial charge in [-0.2, -0.15) is 0 Å². The molecule has 0 bridgehead atoms. The van der Waals surface area contributed by atoms with Crippen LogP contribution in [0.15, 0.2) is 42.5 Å². The fourth-order valence-electron chi connectivity index (χ4n) is 4.11. The molecule has 7 nitrogen and oxygen atoms in total. The lowest BCUT2D eigenvalue weighted by atomic mass is 10.1. The number of amides is 1. The number of piperazine rings is 1. The summed E-state index contributed by atoms with van der Waals surface area (Å²) in [6.45, 7) is 7.21. The molecule has 2 aliphatic heterocycles. The minimum absolute atomic E-state index is 0.0333. The van der Waals surface area contributed by atoms with Gasteiger partial charge in [0, 0.05) is 51.4 Å². The summed E-state index contributed by atoms with van der Waals surface area (Å²) in [5.74, 6) is 1.72. The number of hydrogen-bond acceptors (Lipinski definition) is 5. The van der Waals surface area contributed by atoms with Crippen LogP contribution in [-0.2, 0) is 6.54 Å². The molecule has 1 aromatic heterocycles. The number of carbonyl (C=O) groups excluding carboxylic acids is 1. The normalized spacial score (nSPS) is 17.2. The summed E-state index contributed by atoms with van der Waals surface area (Å²) in [7, 11) is 0. The number of imidazole rings is 1. The molecule has 2 aromatic carbocycles. The third-order valence-corrected chi connectivity index (χ3v) is 5.63. The maximum atomic E-state index is 12.3. The SMILES string of the molecule is O=C1NCCn2c(-c3ccc(OCCN4CCNCC4)cc3)nc3cccc1c32. The standard InChI is InChI=1S/C22H25N5O2/c28-22-18-2-1-3-19-20(18)27(13-10-24-22)21(25-19)16-4-6-17(7-5-16)29-15-14-26-11-8-23-9-12-26/h1-7,23H,8-15H2,(H,24,28). The number of rotatable bonds is 5. The minimum Gasteiger partial charge on any atom is -0.492 e. The Morgan fingerprint density at radius 1 is 1.00 bits per heavy atom. The largest absolute Gasteiger partial charge is 0.492 e. The molecule has 5 rings (SSSR count). The van der Waals surface area contributed by atoms with Crippen LogP contribution in [0, 0.1) is 0 Å². The lowest BCUT2D eigenvalue weighted by Crippen LogP contribution is -2.44. The number of para-hydroxylation sites is 1. The van der Waals surface area contributed by atoms with Gasteiger partial charge in [0.2, 0.25) is 0 Å². The molecule has 0 aliphatic carbocycles. The van der Waals surface area contributed by atoms with Gasteiger partial charge in [-0.05, 0) is 36.4 Å². The van der Waals surface area contributed by atoms with E-state index in [0.717, 1.165) is 60.9 Å². The Morgan fingerprint density at radius 2 is 1.83 bits per heavy atom. The fraction of sp³-hybridized carbons (Fsp3) is 0.364. The van der Waals surface area contributed by atoms with Gasteiger partial charge in [-0.15, -0.1) is 0 Å². The van der Waals surface area contributed by atoms with Crippen molar-refractivity contribution in [3.63, 3.8) is 0 Å². The molecule has 0 atom stereocenters. The van der Waals surface area contributed by atoms with Crippen molar-refractivity contribution < 1.29 is 9.53 Å². The molecule has 7 heteroatoms. The fourth-order valence-corrected chi connectivity index (χ4v) is 4.11. The first-order chi connectivity index (χ1) is 14.3. The van der Waals surface area contributed by atoms with Crippen LogP contribution < -0.4 is 15.4 Å². The van der Waals surface area contributed by atoms with Gasteiger partial charge in [-0.25, -0.2) is 4.98 Å². The third kappa shape index (κ3) is 3.59. The number of aromatic nitrogens is 2. The Morgan fingerprint density at radius 3 is 2.66 bits per heavy atom. The molecule has 0 unspecified atom stereocenters. The first-order valence-electron chi connectivity index (χ1n) is 10.2. The van der Waals surface area contributed by atoms with Crippen LogP contribution in [0.4, 0.5) is 0 Å². The summed E-state index contributed by atoms with van der Waals surface area (Å²) in [5, 5.41) is 6.32. The summed E-state index contributed by atoms with van der Waals surface area (Å²) in [4.78, 5) is 19.6. The van der Waals surface area contributed by atoms with Gasteiger partial charge in [0.25, 0.3) is 5.91 Å². The topological polar surface area (TPSA) is 71.4 Å². The van der Waals surface area contributed by atoms with E-state index in [1.807, 2.05) is 42.5 Å². The lowest BCUT2D eigenvalue weighted by Gasteiger charge is -2.26. The van der Waals surface area contributed by atoms with E-state index in [0.29, 0.717) is 25.3 Å². The molecule has 0 radical (unpaired) electrons. The maximum absolute atomic E-state index is 12.3. The van der Waals surface area contributed by atoms with Gasteiger partial charge in [0.1, 0.15) is 18.2 Å². The first-order valence-corrected chi connectivity index (χ1v) is 10.2. The highest BCUT2D eigenvalue weighted by Gasteiger charge is 2.21. The van der Waals surface area contributed by atoms with Gasteiger partial charge in [-0.1, -0.05) is 6.07 Å². The van der Waals surface area contributed by atoms with Gasteiger partial charge in [-0.3, -0.25) is 9.69 Å². The predicted octanol–water partition coefficient (Wildman–Crippen LogP) is 1.73. The quantitative estimate of drug-likeness (QED) is 0.693. The molecular weight excluding hydrogens is 366 g/mol. The molecule has 150 valence electrons. The summed E-state index contributed by atoms with van der Waals surface area (Å²) < 4.78 is 8.08. The Balaban J connectivity index is 1.35. The summed E-state index contributed by atoms with van der Waals surface area (Å²) in [5.41, 5.74) is 3.47. The second-order valence-corrected chi connectivity index (χ2v) is 7.48. The Bertz CT molecular complexity index is 1020. The minimum atomic E-state index is -0.0333. The van der Waals surface area contributed by atoms with E-state index in [9.17, 15) is 4.79 Å². The van der Waals surface area contributed by atoms with E-state index in [4.69, 9.17) is 9.72 Å². The van der Waals surface area contributed by atoms with Gasteiger partial charge < -0.3 is 19.9 Å². The summed E-state index contributed by atoms with van der Waals surface area (Å²) in [6.07, 6.45) is 0. The molecule has 29 heavy (non-hydrogen) atoms. The van der Waals surface area contributed by atoms with Crippen molar-refractivity contribution in [2.75, 3.05) is 45.9 Å². The van der Waals surface area contributed by atoms with E-state index in [1.54, 1.807) is 0 Å². The Hall–Kier alpha value is -2.90. The molecule has 1 fully saturated rings.